The van der Waals surface area contributed by atoms with Gasteiger partial charge in [0.05, 0.1) is 38.0 Å². The molecule has 1 saturated carbocycles. The lowest BCUT2D eigenvalue weighted by Gasteiger charge is -2.37. The van der Waals surface area contributed by atoms with Gasteiger partial charge in [0.15, 0.2) is 28.8 Å². The number of Topliss-reactive ketones (excluding diaryl/α,β-unsaturated/α-hetero) is 1. The van der Waals surface area contributed by atoms with Crippen LogP contribution in [0.25, 0.3) is 0 Å². The van der Waals surface area contributed by atoms with Crippen molar-refractivity contribution in [1.29, 1.82) is 0 Å². The van der Waals surface area contributed by atoms with Crippen molar-refractivity contribution >= 4 is 27.7 Å². The molecule has 42 heavy (non-hydrogen) atoms. The van der Waals surface area contributed by atoms with Crippen LogP contribution in [0.4, 0.5) is 0 Å². The number of esters is 1. The van der Waals surface area contributed by atoms with E-state index in [4.69, 9.17) is 23.7 Å². The number of carbonyl (C=O) groups is 2. The van der Waals surface area contributed by atoms with Crippen LogP contribution in [0, 0.1) is 0 Å². The number of benzene rings is 2. The van der Waals surface area contributed by atoms with E-state index in [-0.39, 0.29) is 23.8 Å². The Morgan fingerprint density at radius 2 is 1.67 bits per heavy atom. The lowest BCUT2D eigenvalue weighted by molar-refractivity contribution is -0.144. The molecule has 3 aliphatic rings. The first-order valence-electron chi connectivity index (χ1n) is 14.5. The Labute approximate surface area is 255 Å². The zero-order valence-corrected chi connectivity index (χ0v) is 26.4. The Bertz CT molecular complexity index is 1440. The number of methoxy groups -OCH3 is 3. The van der Waals surface area contributed by atoms with E-state index in [1.165, 1.54) is 0 Å². The van der Waals surface area contributed by atoms with Crippen LogP contribution >= 0.6 is 15.9 Å². The number of halogens is 1. The second-order valence-corrected chi connectivity index (χ2v) is 11.8. The maximum atomic E-state index is 14.1. The van der Waals surface area contributed by atoms with Gasteiger partial charge in [-0.3, -0.25) is 4.79 Å². The molecule has 2 unspecified atom stereocenters. The van der Waals surface area contributed by atoms with E-state index in [1.807, 2.05) is 44.2 Å². The minimum Gasteiger partial charge on any atom is -0.493 e. The molecule has 224 valence electrons. The maximum absolute atomic E-state index is 14.1. The molecule has 8 nitrogen and oxygen atoms in total. The summed E-state index contributed by atoms with van der Waals surface area (Å²) in [5.74, 6) is 1.27. The zero-order valence-electron chi connectivity index (χ0n) is 24.8. The first-order valence-corrected chi connectivity index (χ1v) is 15.3. The fourth-order valence-corrected chi connectivity index (χ4v) is 7.04. The number of allylic oxidation sites excluding steroid dienone is 3. The average Bonchev–Trinajstić information content (AvgIpc) is 3.48. The van der Waals surface area contributed by atoms with Crippen LogP contribution in [0.2, 0.25) is 0 Å². The average molecular weight is 641 g/mol. The molecule has 0 radical (unpaired) electrons. The molecule has 1 aliphatic heterocycles. The van der Waals surface area contributed by atoms with E-state index in [9.17, 15) is 9.59 Å². The minimum absolute atomic E-state index is 0.0166. The number of hydrogen-bond donors (Lipinski definition) is 1. The second-order valence-electron chi connectivity index (χ2n) is 10.9. The quantitative estimate of drug-likeness (QED) is 0.302. The summed E-state index contributed by atoms with van der Waals surface area (Å²) in [6.07, 6.45) is 4.61. The van der Waals surface area contributed by atoms with Gasteiger partial charge in [0.25, 0.3) is 0 Å². The van der Waals surface area contributed by atoms with Crippen LogP contribution in [-0.4, -0.2) is 45.8 Å². The molecule has 1 N–H and O–H groups in total. The molecular weight excluding hydrogens is 602 g/mol. The van der Waals surface area contributed by atoms with Gasteiger partial charge in [0, 0.05) is 29.3 Å². The van der Waals surface area contributed by atoms with E-state index >= 15 is 0 Å². The molecule has 0 saturated heterocycles. The van der Waals surface area contributed by atoms with Gasteiger partial charge in [-0.2, -0.15) is 0 Å². The fourth-order valence-electron chi connectivity index (χ4n) is 6.42. The SMILES string of the molecule is CCOc1cc(C2C(C(=O)OC3CCCC3)=C(C)NC3=C2C(=O)CC(c2ccc(OC)c(OC)c2)C3)cc(Br)c1OC. The van der Waals surface area contributed by atoms with Gasteiger partial charge in [-0.05, 0) is 103 Å². The van der Waals surface area contributed by atoms with E-state index in [2.05, 4.69) is 21.2 Å². The predicted molar refractivity (Wildman–Crippen MR) is 162 cm³/mol. The standard InChI is InChI=1S/C33H38BrNO7/c1-6-41-28-17-21(13-23(34)32(28)40-5)30-29(33(37)42-22-9-7-8-10-22)18(2)35-24-14-20(15-25(36)31(24)30)19-11-12-26(38-3)27(16-19)39-4/h11-13,16-17,20,22,30,35H,6-10,14-15H2,1-5H3. The van der Waals surface area contributed by atoms with Crippen molar-refractivity contribution in [3.8, 4) is 23.0 Å². The van der Waals surface area contributed by atoms with E-state index in [1.54, 1.807) is 21.3 Å². The van der Waals surface area contributed by atoms with Crippen LogP contribution in [0.15, 0.2) is 57.3 Å². The van der Waals surface area contributed by atoms with E-state index in [0.29, 0.717) is 63.8 Å². The van der Waals surface area contributed by atoms with E-state index < -0.39 is 5.92 Å². The van der Waals surface area contributed by atoms with Gasteiger partial charge in [0.1, 0.15) is 6.10 Å². The van der Waals surface area contributed by atoms with Gasteiger partial charge >= 0.3 is 5.97 Å². The lowest BCUT2D eigenvalue weighted by atomic mass is 9.71. The van der Waals surface area contributed by atoms with Crippen LogP contribution in [0.3, 0.4) is 0 Å². The highest BCUT2D eigenvalue weighted by atomic mass is 79.9. The van der Waals surface area contributed by atoms with Crippen molar-refractivity contribution in [1.82, 2.24) is 5.32 Å². The molecule has 2 aliphatic carbocycles. The smallest absolute Gasteiger partial charge is 0.337 e. The minimum atomic E-state index is -0.615. The Morgan fingerprint density at radius 1 is 0.952 bits per heavy atom. The molecule has 2 aromatic carbocycles. The Hall–Kier alpha value is -3.46. The summed E-state index contributed by atoms with van der Waals surface area (Å²) in [5, 5.41) is 3.45. The Balaban J connectivity index is 1.59. The third kappa shape index (κ3) is 5.76. The highest BCUT2D eigenvalue weighted by Crippen LogP contribution is 2.49. The summed E-state index contributed by atoms with van der Waals surface area (Å²) in [4.78, 5) is 27.9. The summed E-state index contributed by atoms with van der Waals surface area (Å²) in [6, 6.07) is 9.56. The third-order valence-corrected chi connectivity index (χ3v) is 8.96. The summed E-state index contributed by atoms with van der Waals surface area (Å²) < 4.78 is 29.1. The van der Waals surface area contributed by atoms with Crippen molar-refractivity contribution in [2.75, 3.05) is 27.9 Å². The summed E-state index contributed by atoms with van der Waals surface area (Å²) in [7, 11) is 4.79. The molecule has 1 fully saturated rings. The molecule has 0 bridgehead atoms. The van der Waals surface area contributed by atoms with Gasteiger partial charge in [-0.25, -0.2) is 4.79 Å². The lowest BCUT2D eigenvalue weighted by Crippen LogP contribution is -2.36. The highest BCUT2D eigenvalue weighted by Gasteiger charge is 2.42. The number of hydrogen-bond acceptors (Lipinski definition) is 8. The van der Waals surface area contributed by atoms with Crippen molar-refractivity contribution in [2.24, 2.45) is 0 Å². The number of ether oxygens (including phenoxy) is 5. The van der Waals surface area contributed by atoms with Crippen LogP contribution in [0.5, 0.6) is 23.0 Å². The van der Waals surface area contributed by atoms with Gasteiger partial charge < -0.3 is 29.0 Å². The van der Waals surface area contributed by atoms with Crippen molar-refractivity contribution in [3.63, 3.8) is 0 Å². The molecular formula is C33H38BrNO7. The first-order chi connectivity index (χ1) is 20.3. The number of carbonyl (C=O) groups excluding carboxylic acids is 2. The van der Waals surface area contributed by atoms with Crippen molar-refractivity contribution in [3.05, 3.63) is 68.5 Å². The van der Waals surface area contributed by atoms with Crippen LogP contribution in [-0.2, 0) is 14.3 Å². The molecule has 5 rings (SSSR count). The summed E-state index contributed by atoms with van der Waals surface area (Å²) in [6.45, 7) is 4.22. The molecule has 9 heteroatoms. The molecule has 0 spiro atoms. The molecule has 0 aromatic heterocycles. The van der Waals surface area contributed by atoms with Crippen molar-refractivity contribution < 1.29 is 33.3 Å². The fraction of sp³-hybridized carbons (Fsp3) is 0.455. The predicted octanol–water partition coefficient (Wildman–Crippen LogP) is 6.72. The Kier molecular flexibility index (Phi) is 9.16. The van der Waals surface area contributed by atoms with Gasteiger partial charge in [0.2, 0.25) is 0 Å². The van der Waals surface area contributed by atoms with Crippen molar-refractivity contribution in [2.45, 2.75) is 70.3 Å². The summed E-state index contributed by atoms with van der Waals surface area (Å²) in [5.41, 5.74) is 4.30. The maximum Gasteiger partial charge on any atom is 0.337 e. The molecule has 0 amide bonds. The number of ketones is 1. The van der Waals surface area contributed by atoms with Crippen LogP contribution < -0.4 is 24.3 Å². The molecule has 2 atom stereocenters. The number of rotatable bonds is 9. The first kappa shape index (κ1) is 30.0. The van der Waals surface area contributed by atoms with Gasteiger partial charge in [-0.1, -0.05) is 6.07 Å². The van der Waals surface area contributed by atoms with Gasteiger partial charge in [-0.15, -0.1) is 0 Å². The largest absolute Gasteiger partial charge is 0.493 e. The monoisotopic (exact) mass is 639 g/mol. The third-order valence-electron chi connectivity index (χ3n) is 8.37. The Morgan fingerprint density at radius 3 is 2.33 bits per heavy atom. The number of nitrogens with one attached hydrogen (secondary N) is 1. The topological polar surface area (TPSA) is 92.3 Å². The highest BCUT2D eigenvalue weighted by molar-refractivity contribution is 9.10. The molecule has 2 aromatic rings. The van der Waals surface area contributed by atoms with Crippen LogP contribution in [0.1, 0.15) is 75.3 Å². The number of dihydropyridines is 1. The van der Waals surface area contributed by atoms with E-state index in [0.717, 1.165) is 42.5 Å². The zero-order chi connectivity index (χ0) is 30.0. The normalized spacial score (nSPS) is 20.7. The molecule has 1 heterocycles. The summed E-state index contributed by atoms with van der Waals surface area (Å²) >= 11 is 3.63. The second kappa shape index (κ2) is 12.8.